The molecule has 1 fully saturated rings. The first-order valence-electron chi connectivity index (χ1n) is 10.2. The SMILES string of the molecule is CC[C@H](C)NC(=O)[C@@H]1C[C@H](c2cccc(C)c2)CN(Cc2ccccc2)C1. The minimum absolute atomic E-state index is 0.0435. The van der Waals surface area contributed by atoms with Crippen LogP contribution >= 0.6 is 0 Å². The Morgan fingerprint density at radius 3 is 2.63 bits per heavy atom. The van der Waals surface area contributed by atoms with Crippen molar-refractivity contribution >= 4 is 5.91 Å². The predicted molar refractivity (Wildman–Crippen MR) is 112 cm³/mol. The van der Waals surface area contributed by atoms with E-state index in [-0.39, 0.29) is 17.9 Å². The van der Waals surface area contributed by atoms with E-state index in [9.17, 15) is 4.79 Å². The van der Waals surface area contributed by atoms with Gasteiger partial charge in [-0.1, -0.05) is 67.1 Å². The van der Waals surface area contributed by atoms with Gasteiger partial charge in [0.05, 0.1) is 5.92 Å². The van der Waals surface area contributed by atoms with Gasteiger partial charge in [-0.3, -0.25) is 9.69 Å². The van der Waals surface area contributed by atoms with E-state index >= 15 is 0 Å². The lowest BCUT2D eigenvalue weighted by Crippen LogP contribution is -2.47. The first-order chi connectivity index (χ1) is 13.0. The summed E-state index contributed by atoms with van der Waals surface area (Å²) in [6.07, 6.45) is 1.89. The Kier molecular flexibility index (Phi) is 6.68. The fraction of sp³-hybridized carbons (Fsp3) is 0.458. The van der Waals surface area contributed by atoms with Crippen LogP contribution in [0.25, 0.3) is 0 Å². The molecule has 3 nitrogen and oxygen atoms in total. The van der Waals surface area contributed by atoms with Crippen LogP contribution in [-0.4, -0.2) is 29.9 Å². The fourth-order valence-electron chi connectivity index (χ4n) is 3.98. The Morgan fingerprint density at radius 1 is 1.15 bits per heavy atom. The highest BCUT2D eigenvalue weighted by Crippen LogP contribution is 2.31. The van der Waals surface area contributed by atoms with E-state index in [2.05, 4.69) is 85.6 Å². The van der Waals surface area contributed by atoms with Crippen LogP contribution in [0.1, 0.15) is 49.3 Å². The molecule has 27 heavy (non-hydrogen) atoms. The van der Waals surface area contributed by atoms with Gasteiger partial charge in [0.1, 0.15) is 0 Å². The highest BCUT2D eigenvalue weighted by molar-refractivity contribution is 5.79. The number of benzene rings is 2. The van der Waals surface area contributed by atoms with Gasteiger partial charge < -0.3 is 5.32 Å². The molecule has 0 aromatic heterocycles. The Balaban J connectivity index is 1.78. The number of rotatable bonds is 6. The molecule has 3 heteroatoms. The standard InChI is InChI=1S/C24H32N2O/c1-4-19(3)25-24(27)23-14-22(21-12-8-9-18(2)13-21)16-26(17-23)15-20-10-6-5-7-11-20/h5-13,19,22-23H,4,14-17H2,1-3H3,(H,25,27)/t19-,22-,23+/m0/s1. The molecule has 0 spiro atoms. The third-order valence-electron chi connectivity index (χ3n) is 5.66. The van der Waals surface area contributed by atoms with Gasteiger partial charge in [0.2, 0.25) is 5.91 Å². The van der Waals surface area contributed by atoms with Crippen LogP contribution in [0.4, 0.5) is 0 Å². The molecule has 1 aliphatic rings. The van der Waals surface area contributed by atoms with Gasteiger partial charge in [-0.15, -0.1) is 0 Å². The van der Waals surface area contributed by atoms with Crippen molar-refractivity contribution in [3.05, 3.63) is 71.3 Å². The van der Waals surface area contributed by atoms with Gasteiger partial charge in [0.15, 0.2) is 0 Å². The molecule has 1 aliphatic heterocycles. The number of carbonyl (C=O) groups excluding carboxylic acids is 1. The summed E-state index contributed by atoms with van der Waals surface area (Å²) in [4.78, 5) is 15.3. The summed E-state index contributed by atoms with van der Waals surface area (Å²) >= 11 is 0. The first-order valence-corrected chi connectivity index (χ1v) is 10.2. The molecule has 1 saturated heterocycles. The molecule has 1 heterocycles. The van der Waals surface area contributed by atoms with Gasteiger partial charge in [-0.05, 0) is 43.7 Å². The van der Waals surface area contributed by atoms with Crippen LogP contribution in [0.2, 0.25) is 0 Å². The molecule has 0 unspecified atom stereocenters. The zero-order valence-corrected chi connectivity index (χ0v) is 16.8. The minimum atomic E-state index is 0.0435. The molecule has 2 aromatic carbocycles. The molecule has 1 amide bonds. The molecule has 0 saturated carbocycles. The molecular weight excluding hydrogens is 332 g/mol. The molecular formula is C24H32N2O. The van der Waals surface area contributed by atoms with Crippen LogP contribution in [0, 0.1) is 12.8 Å². The van der Waals surface area contributed by atoms with Gasteiger partial charge in [-0.25, -0.2) is 0 Å². The van der Waals surface area contributed by atoms with Crippen LogP contribution in [0.15, 0.2) is 54.6 Å². The van der Waals surface area contributed by atoms with Crippen molar-refractivity contribution in [2.75, 3.05) is 13.1 Å². The fourth-order valence-corrected chi connectivity index (χ4v) is 3.98. The lowest BCUT2D eigenvalue weighted by molar-refractivity contribution is -0.127. The number of carbonyl (C=O) groups is 1. The van der Waals surface area contributed by atoms with E-state index < -0.39 is 0 Å². The monoisotopic (exact) mass is 364 g/mol. The zero-order valence-electron chi connectivity index (χ0n) is 16.8. The quantitative estimate of drug-likeness (QED) is 0.817. The van der Waals surface area contributed by atoms with Gasteiger partial charge in [0, 0.05) is 25.7 Å². The Bertz CT molecular complexity index is 743. The smallest absolute Gasteiger partial charge is 0.224 e. The summed E-state index contributed by atoms with van der Waals surface area (Å²) in [5.41, 5.74) is 3.95. The molecule has 2 aromatic rings. The van der Waals surface area contributed by atoms with Crippen LogP contribution in [0.5, 0.6) is 0 Å². The Hall–Kier alpha value is -2.13. The van der Waals surface area contributed by atoms with E-state index in [0.29, 0.717) is 5.92 Å². The second-order valence-corrected chi connectivity index (χ2v) is 8.04. The number of hydrogen-bond donors (Lipinski definition) is 1. The Labute approximate surface area is 163 Å². The second kappa shape index (κ2) is 9.18. The summed E-state index contributed by atoms with van der Waals surface area (Å²) in [7, 11) is 0. The Morgan fingerprint density at radius 2 is 1.93 bits per heavy atom. The largest absolute Gasteiger partial charge is 0.353 e. The first kappa shape index (κ1) is 19.6. The summed E-state index contributed by atoms with van der Waals surface area (Å²) in [6, 6.07) is 19.6. The number of piperidine rings is 1. The van der Waals surface area contributed by atoms with Crippen molar-refractivity contribution < 1.29 is 4.79 Å². The second-order valence-electron chi connectivity index (χ2n) is 8.04. The predicted octanol–water partition coefficient (Wildman–Crippen LogP) is 4.52. The normalized spacial score (nSPS) is 21.6. The van der Waals surface area contributed by atoms with Crippen LogP contribution < -0.4 is 5.32 Å². The highest BCUT2D eigenvalue weighted by atomic mass is 16.2. The van der Waals surface area contributed by atoms with Gasteiger partial charge in [0.25, 0.3) is 0 Å². The van der Waals surface area contributed by atoms with Crippen LogP contribution in [0.3, 0.4) is 0 Å². The topological polar surface area (TPSA) is 32.3 Å². The van der Waals surface area contributed by atoms with Crippen LogP contribution in [-0.2, 0) is 11.3 Å². The van der Waals surface area contributed by atoms with Crippen molar-refractivity contribution in [1.29, 1.82) is 0 Å². The van der Waals surface area contributed by atoms with E-state index in [1.165, 1.54) is 16.7 Å². The summed E-state index contributed by atoms with van der Waals surface area (Å²) in [6.45, 7) is 9.08. The van der Waals surface area contributed by atoms with E-state index in [0.717, 1.165) is 32.5 Å². The molecule has 3 atom stereocenters. The van der Waals surface area contributed by atoms with Crippen molar-refractivity contribution in [3.63, 3.8) is 0 Å². The number of likely N-dealkylation sites (tertiary alicyclic amines) is 1. The van der Waals surface area contributed by atoms with Gasteiger partial charge >= 0.3 is 0 Å². The average Bonchev–Trinajstić information content (AvgIpc) is 2.68. The van der Waals surface area contributed by atoms with Gasteiger partial charge in [-0.2, -0.15) is 0 Å². The molecule has 1 N–H and O–H groups in total. The van der Waals surface area contributed by atoms with Crippen molar-refractivity contribution in [1.82, 2.24) is 10.2 Å². The molecule has 144 valence electrons. The summed E-state index contributed by atoms with van der Waals surface area (Å²) < 4.78 is 0. The average molecular weight is 365 g/mol. The summed E-state index contributed by atoms with van der Waals surface area (Å²) in [5, 5.41) is 3.20. The molecule has 3 rings (SSSR count). The van der Waals surface area contributed by atoms with Crippen molar-refractivity contribution in [2.24, 2.45) is 5.92 Å². The van der Waals surface area contributed by atoms with E-state index in [4.69, 9.17) is 0 Å². The number of amides is 1. The summed E-state index contributed by atoms with van der Waals surface area (Å²) in [5.74, 6) is 0.650. The molecule has 0 bridgehead atoms. The number of hydrogen-bond acceptors (Lipinski definition) is 2. The zero-order chi connectivity index (χ0) is 19.2. The molecule has 0 aliphatic carbocycles. The number of nitrogens with one attached hydrogen (secondary N) is 1. The molecule has 0 radical (unpaired) electrons. The van der Waals surface area contributed by atoms with E-state index in [1.54, 1.807) is 0 Å². The van der Waals surface area contributed by atoms with Crippen molar-refractivity contribution in [3.8, 4) is 0 Å². The highest BCUT2D eigenvalue weighted by Gasteiger charge is 2.32. The maximum absolute atomic E-state index is 12.9. The maximum atomic E-state index is 12.9. The number of nitrogens with zero attached hydrogens (tertiary/aromatic N) is 1. The number of aryl methyl sites for hydroxylation is 1. The maximum Gasteiger partial charge on any atom is 0.224 e. The van der Waals surface area contributed by atoms with E-state index in [1.807, 2.05) is 0 Å². The minimum Gasteiger partial charge on any atom is -0.353 e. The third-order valence-corrected chi connectivity index (χ3v) is 5.66. The van der Waals surface area contributed by atoms with Crippen molar-refractivity contribution in [2.45, 2.75) is 52.1 Å². The third kappa shape index (κ3) is 5.43. The lowest BCUT2D eigenvalue weighted by Gasteiger charge is -2.38. The lowest BCUT2D eigenvalue weighted by atomic mass is 9.83.